The van der Waals surface area contributed by atoms with Crippen LogP contribution in [0.25, 0.3) is 0 Å². The molecule has 0 saturated carbocycles. The molecule has 5 nitrogen and oxygen atoms in total. The van der Waals surface area contributed by atoms with Crippen molar-refractivity contribution >= 4 is 12.1 Å². The lowest BCUT2D eigenvalue weighted by atomic mass is 10.0. The summed E-state index contributed by atoms with van der Waals surface area (Å²) in [6, 6.07) is -0.603. The lowest BCUT2D eigenvalue weighted by Gasteiger charge is -2.23. The van der Waals surface area contributed by atoms with E-state index >= 15 is 0 Å². The third-order valence-electron chi connectivity index (χ3n) is 2.48. The molecule has 0 fully saturated rings. The van der Waals surface area contributed by atoms with Gasteiger partial charge in [0.15, 0.2) is 11.6 Å². The molecule has 0 aromatic heterocycles. The second-order valence-electron chi connectivity index (χ2n) is 5.58. The van der Waals surface area contributed by atoms with Gasteiger partial charge in [-0.1, -0.05) is 0 Å². The number of halogens is 3. The van der Waals surface area contributed by atoms with Crippen molar-refractivity contribution < 1.29 is 32.6 Å². The maximum Gasteiger partial charge on any atom is 0.408 e. The van der Waals surface area contributed by atoms with Crippen molar-refractivity contribution in [3.05, 3.63) is 35.1 Å². The highest BCUT2D eigenvalue weighted by atomic mass is 19.2. The third kappa shape index (κ3) is 5.27. The smallest absolute Gasteiger partial charge is 0.408 e. The zero-order valence-corrected chi connectivity index (χ0v) is 12.2. The number of hydrogen-bond acceptors (Lipinski definition) is 3. The van der Waals surface area contributed by atoms with Crippen LogP contribution in [-0.2, 0) is 9.53 Å². The van der Waals surface area contributed by atoms with Gasteiger partial charge in [-0.25, -0.2) is 18.0 Å². The van der Waals surface area contributed by atoms with Crippen LogP contribution in [0.1, 0.15) is 38.8 Å². The lowest BCUT2D eigenvalue weighted by molar-refractivity contribution is -0.137. The monoisotopic (exact) mass is 319 g/mol. The number of ether oxygens (including phenoxy) is 1. The highest BCUT2D eigenvalue weighted by Crippen LogP contribution is 2.23. The van der Waals surface area contributed by atoms with E-state index in [0.717, 1.165) is 0 Å². The highest BCUT2D eigenvalue weighted by Gasteiger charge is 2.25. The Balaban J connectivity index is 3.06. The number of carboxylic acids is 1. The Morgan fingerprint density at radius 2 is 1.73 bits per heavy atom. The van der Waals surface area contributed by atoms with Crippen LogP contribution < -0.4 is 5.32 Å². The molecule has 122 valence electrons. The number of amides is 1. The van der Waals surface area contributed by atoms with Gasteiger partial charge in [0.1, 0.15) is 11.4 Å². The molecule has 1 amide bonds. The Morgan fingerprint density at radius 3 is 2.23 bits per heavy atom. The number of carboxylic acid groups (broad SMARTS) is 1. The summed E-state index contributed by atoms with van der Waals surface area (Å²) in [5.74, 6) is -5.28. The summed E-state index contributed by atoms with van der Waals surface area (Å²) in [4.78, 5) is 22.5. The summed E-state index contributed by atoms with van der Waals surface area (Å²) < 4.78 is 44.8. The van der Waals surface area contributed by atoms with Crippen LogP contribution in [0.2, 0.25) is 0 Å². The molecular weight excluding hydrogens is 303 g/mol. The number of carbonyl (C=O) groups excluding carboxylic acids is 1. The minimum atomic E-state index is -1.41. The predicted molar refractivity (Wildman–Crippen MR) is 70.7 cm³/mol. The number of rotatable bonds is 4. The van der Waals surface area contributed by atoms with Gasteiger partial charge in [-0.15, -0.1) is 0 Å². The molecule has 1 aromatic carbocycles. The fourth-order valence-electron chi connectivity index (χ4n) is 1.67. The zero-order valence-electron chi connectivity index (χ0n) is 12.2. The minimum absolute atomic E-state index is 0.288. The summed E-state index contributed by atoms with van der Waals surface area (Å²) in [5, 5.41) is 11.0. The Bertz CT molecular complexity index is 584. The van der Waals surface area contributed by atoms with Crippen LogP contribution >= 0.6 is 0 Å². The molecule has 1 atom stereocenters. The summed E-state index contributed by atoms with van der Waals surface area (Å²) in [7, 11) is 0. The second kappa shape index (κ2) is 6.67. The van der Waals surface area contributed by atoms with E-state index in [2.05, 4.69) is 5.32 Å². The SMILES string of the molecule is CC(C)(C)OC(=O)N[C@@H](CC(=O)O)c1cc(F)c(F)cc1F. The molecule has 1 rings (SSSR count). The molecule has 0 saturated heterocycles. The number of nitrogens with one attached hydrogen (secondary N) is 1. The normalized spacial score (nSPS) is 12.6. The van der Waals surface area contributed by atoms with Gasteiger partial charge in [0.25, 0.3) is 0 Å². The maximum absolute atomic E-state index is 13.7. The number of benzene rings is 1. The van der Waals surface area contributed by atoms with E-state index in [4.69, 9.17) is 9.84 Å². The molecule has 2 N–H and O–H groups in total. The average molecular weight is 319 g/mol. The van der Waals surface area contributed by atoms with Gasteiger partial charge in [0.2, 0.25) is 0 Å². The van der Waals surface area contributed by atoms with E-state index in [0.29, 0.717) is 6.07 Å². The first kappa shape index (κ1) is 17.8. The van der Waals surface area contributed by atoms with Crippen LogP contribution in [0.15, 0.2) is 12.1 Å². The third-order valence-corrected chi connectivity index (χ3v) is 2.48. The molecule has 0 aliphatic heterocycles. The van der Waals surface area contributed by atoms with Gasteiger partial charge in [-0.05, 0) is 26.8 Å². The molecular formula is C14H16F3NO4. The molecule has 1 aromatic rings. The number of alkyl carbamates (subject to hydrolysis) is 1. The second-order valence-corrected chi connectivity index (χ2v) is 5.58. The fraction of sp³-hybridized carbons (Fsp3) is 0.429. The Labute approximate surface area is 125 Å². The summed E-state index contributed by atoms with van der Waals surface area (Å²) in [6.45, 7) is 4.74. The summed E-state index contributed by atoms with van der Waals surface area (Å²) >= 11 is 0. The molecule has 0 aliphatic rings. The largest absolute Gasteiger partial charge is 0.481 e. The van der Waals surface area contributed by atoms with Gasteiger partial charge in [-0.3, -0.25) is 4.79 Å². The number of hydrogen-bond donors (Lipinski definition) is 2. The van der Waals surface area contributed by atoms with Gasteiger partial charge >= 0.3 is 12.1 Å². The van der Waals surface area contributed by atoms with Crippen molar-refractivity contribution in [2.45, 2.75) is 38.8 Å². The van der Waals surface area contributed by atoms with Gasteiger partial charge in [0, 0.05) is 11.6 Å². The zero-order chi connectivity index (χ0) is 17.1. The topological polar surface area (TPSA) is 75.6 Å². The molecule has 0 unspecified atom stereocenters. The Kier molecular flexibility index (Phi) is 5.40. The summed E-state index contributed by atoms with van der Waals surface area (Å²) in [6.07, 6.45) is -1.72. The molecule has 8 heteroatoms. The van der Waals surface area contributed by atoms with Crippen LogP contribution in [0, 0.1) is 17.5 Å². The van der Waals surface area contributed by atoms with E-state index in [9.17, 15) is 22.8 Å². The molecule has 0 spiro atoms. The van der Waals surface area contributed by atoms with Crippen molar-refractivity contribution in [3.8, 4) is 0 Å². The van der Waals surface area contributed by atoms with Crippen molar-refractivity contribution in [3.63, 3.8) is 0 Å². The number of carbonyl (C=O) groups is 2. The molecule has 0 aliphatic carbocycles. The number of aliphatic carboxylic acids is 1. The molecule has 0 radical (unpaired) electrons. The van der Waals surface area contributed by atoms with Crippen molar-refractivity contribution in [1.82, 2.24) is 5.32 Å². The van der Waals surface area contributed by atoms with E-state index in [1.165, 1.54) is 0 Å². The van der Waals surface area contributed by atoms with Crippen LogP contribution in [0.4, 0.5) is 18.0 Å². The van der Waals surface area contributed by atoms with Crippen LogP contribution in [0.5, 0.6) is 0 Å². The van der Waals surface area contributed by atoms with Gasteiger partial charge in [0.05, 0.1) is 12.5 Å². The standard InChI is InChI=1S/C14H16F3NO4/c1-14(2,3)22-13(21)18-11(6-12(19)20)7-4-9(16)10(17)5-8(7)15/h4-5,11H,6H2,1-3H3,(H,18,21)(H,19,20)/t11-/m0/s1. The quantitative estimate of drug-likeness (QED) is 0.836. The molecule has 0 bridgehead atoms. The summed E-state index contributed by atoms with van der Waals surface area (Å²) in [5.41, 5.74) is -1.34. The van der Waals surface area contributed by atoms with E-state index in [-0.39, 0.29) is 6.07 Å². The van der Waals surface area contributed by atoms with Crippen LogP contribution in [0.3, 0.4) is 0 Å². The highest BCUT2D eigenvalue weighted by molar-refractivity contribution is 5.72. The first-order valence-electron chi connectivity index (χ1n) is 6.35. The van der Waals surface area contributed by atoms with E-state index in [1.54, 1.807) is 20.8 Å². The van der Waals surface area contributed by atoms with Crippen molar-refractivity contribution in [1.29, 1.82) is 0 Å². The van der Waals surface area contributed by atoms with Crippen LogP contribution in [-0.4, -0.2) is 22.8 Å². The molecule has 0 heterocycles. The first-order valence-corrected chi connectivity index (χ1v) is 6.35. The van der Waals surface area contributed by atoms with Gasteiger partial charge in [-0.2, -0.15) is 0 Å². The molecule has 22 heavy (non-hydrogen) atoms. The Morgan fingerprint density at radius 1 is 1.18 bits per heavy atom. The van der Waals surface area contributed by atoms with Gasteiger partial charge < -0.3 is 15.2 Å². The van der Waals surface area contributed by atoms with Crippen molar-refractivity contribution in [2.75, 3.05) is 0 Å². The first-order chi connectivity index (χ1) is 9.99. The van der Waals surface area contributed by atoms with E-state index in [1.807, 2.05) is 0 Å². The lowest BCUT2D eigenvalue weighted by Crippen LogP contribution is -2.36. The maximum atomic E-state index is 13.7. The average Bonchev–Trinajstić information content (AvgIpc) is 2.29. The van der Waals surface area contributed by atoms with E-state index < -0.39 is 53.1 Å². The predicted octanol–water partition coefficient (Wildman–Crippen LogP) is 3.14. The van der Waals surface area contributed by atoms with Crippen molar-refractivity contribution in [2.24, 2.45) is 0 Å². The Hall–Kier alpha value is -2.25. The fourth-order valence-corrected chi connectivity index (χ4v) is 1.67. The minimum Gasteiger partial charge on any atom is -0.481 e.